The fraction of sp³-hybridized carbons (Fsp3) is 0.192. The lowest BCUT2D eigenvalue weighted by Gasteiger charge is -2.14. The van der Waals surface area contributed by atoms with Crippen LogP contribution in [0.2, 0.25) is 0 Å². The maximum absolute atomic E-state index is 12.7. The number of aromatic nitrogens is 3. The number of amides is 1. The minimum atomic E-state index is -0.0800. The predicted molar refractivity (Wildman–Crippen MR) is 134 cm³/mol. The Hall–Kier alpha value is -3.78. The number of carbonyl (C=O) groups excluding carboxylic acids is 1. The van der Waals surface area contributed by atoms with E-state index < -0.39 is 0 Å². The summed E-state index contributed by atoms with van der Waals surface area (Å²) in [5.74, 6) is 2.34. The van der Waals surface area contributed by atoms with E-state index in [1.54, 1.807) is 14.2 Å². The van der Waals surface area contributed by atoms with Crippen molar-refractivity contribution in [3.63, 3.8) is 0 Å². The van der Waals surface area contributed by atoms with E-state index >= 15 is 0 Å². The van der Waals surface area contributed by atoms with Crippen molar-refractivity contribution in [2.24, 2.45) is 0 Å². The van der Waals surface area contributed by atoms with Crippen LogP contribution in [-0.4, -0.2) is 40.6 Å². The lowest BCUT2D eigenvalue weighted by molar-refractivity contribution is -0.119. The molecule has 1 amide bonds. The average molecular weight is 475 g/mol. The molecule has 1 atom stereocenters. The maximum Gasteiger partial charge on any atom is 0.230 e. The molecule has 1 aromatic heterocycles. The molecular formula is C26H26N4O3S. The van der Waals surface area contributed by atoms with E-state index in [0.29, 0.717) is 11.0 Å². The molecule has 8 heteroatoms. The number of methoxy groups -OCH3 is 2. The van der Waals surface area contributed by atoms with Crippen molar-refractivity contribution in [2.45, 2.75) is 18.1 Å². The topological polar surface area (TPSA) is 78.3 Å². The van der Waals surface area contributed by atoms with Crippen LogP contribution in [0.1, 0.15) is 18.5 Å². The fourth-order valence-corrected chi connectivity index (χ4v) is 4.26. The van der Waals surface area contributed by atoms with Gasteiger partial charge in [0.05, 0.1) is 26.0 Å². The van der Waals surface area contributed by atoms with Crippen LogP contribution in [0.5, 0.6) is 11.5 Å². The molecule has 174 valence electrons. The van der Waals surface area contributed by atoms with Gasteiger partial charge in [0.15, 0.2) is 11.0 Å². The normalized spacial score (nSPS) is 11.6. The summed E-state index contributed by atoms with van der Waals surface area (Å²) < 4.78 is 12.5. The second-order valence-corrected chi connectivity index (χ2v) is 8.50. The summed E-state index contributed by atoms with van der Waals surface area (Å²) >= 11 is 1.34. The Morgan fingerprint density at radius 3 is 2.15 bits per heavy atom. The first-order valence-electron chi connectivity index (χ1n) is 10.8. The number of nitrogens with one attached hydrogen (secondary N) is 1. The first-order chi connectivity index (χ1) is 16.6. The summed E-state index contributed by atoms with van der Waals surface area (Å²) in [6.45, 7) is 1.97. The molecule has 0 aliphatic rings. The van der Waals surface area contributed by atoms with Crippen LogP contribution in [0, 0.1) is 0 Å². The molecule has 0 saturated carbocycles. The van der Waals surface area contributed by atoms with Crippen molar-refractivity contribution in [3.05, 3.63) is 84.4 Å². The minimum Gasteiger partial charge on any atom is -0.497 e. The molecule has 1 heterocycles. The van der Waals surface area contributed by atoms with Gasteiger partial charge in [0.25, 0.3) is 0 Å². The van der Waals surface area contributed by atoms with Crippen molar-refractivity contribution in [1.29, 1.82) is 0 Å². The minimum absolute atomic E-state index is 0.0726. The molecule has 4 rings (SSSR count). The van der Waals surface area contributed by atoms with Gasteiger partial charge < -0.3 is 14.8 Å². The second kappa shape index (κ2) is 10.9. The van der Waals surface area contributed by atoms with Crippen LogP contribution in [-0.2, 0) is 4.79 Å². The Morgan fingerprint density at radius 1 is 0.912 bits per heavy atom. The van der Waals surface area contributed by atoms with E-state index in [1.807, 2.05) is 90.4 Å². The van der Waals surface area contributed by atoms with E-state index in [9.17, 15) is 4.79 Å². The molecule has 3 aromatic carbocycles. The molecule has 0 unspecified atom stereocenters. The standard InChI is InChI=1S/C26H26N4O3S/c1-18(19-7-5-4-6-8-19)27-24(31)17-34-26-29-28-25(20-9-13-22(32-2)14-10-20)30(26)21-11-15-23(33-3)16-12-21/h4-16,18H,17H2,1-3H3,(H,27,31)/t18-/m0/s1. The summed E-state index contributed by atoms with van der Waals surface area (Å²) in [4.78, 5) is 12.7. The highest BCUT2D eigenvalue weighted by molar-refractivity contribution is 7.99. The lowest BCUT2D eigenvalue weighted by atomic mass is 10.1. The molecule has 7 nitrogen and oxygen atoms in total. The van der Waals surface area contributed by atoms with E-state index in [0.717, 1.165) is 28.3 Å². The van der Waals surface area contributed by atoms with Crippen LogP contribution >= 0.6 is 11.8 Å². The molecular weight excluding hydrogens is 448 g/mol. The van der Waals surface area contributed by atoms with Crippen LogP contribution in [0.3, 0.4) is 0 Å². The van der Waals surface area contributed by atoms with Crippen molar-refractivity contribution in [3.8, 4) is 28.6 Å². The van der Waals surface area contributed by atoms with Gasteiger partial charge in [0.1, 0.15) is 11.5 Å². The number of rotatable bonds is 9. The van der Waals surface area contributed by atoms with Gasteiger partial charge in [-0.05, 0) is 61.0 Å². The van der Waals surface area contributed by atoms with Crippen LogP contribution < -0.4 is 14.8 Å². The zero-order valence-electron chi connectivity index (χ0n) is 19.3. The summed E-state index contributed by atoms with van der Waals surface area (Å²) in [6.07, 6.45) is 0. The first-order valence-corrected chi connectivity index (χ1v) is 11.8. The van der Waals surface area contributed by atoms with Crippen molar-refractivity contribution in [2.75, 3.05) is 20.0 Å². The molecule has 34 heavy (non-hydrogen) atoms. The van der Waals surface area contributed by atoms with E-state index in [-0.39, 0.29) is 17.7 Å². The Morgan fingerprint density at radius 2 is 1.53 bits per heavy atom. The quantitative estimate of drug-likeness (QED) is 0.347. The largest absolute Gasteiger partial charge is 0.497 e. The van der Waals surface area contributed by atoms with Crippen LogP contribution in [0.15, 0.2) is 84.0 Å². The third-order valence-corrected chi connectivity index (χ3v) is 6.25. The summed E-state index contributed by atoms with van der Waals surface area (Å²) in [5.41, 5.74) is 2.82. The maximum atomic E-state index is 12.7. The molecule has 0 bridgehead atoms. The number of carbonyl (C=O) groups is 1. The Bertz CT molecular complexity index is 1230. The van der Waals surface area contributed by atoms with Crippen molar-refractivity contribution in [1.82, 2.24) is 20.1 Å². The van der Waals surface area contributed by atoms with Gasteiger partial charge in [0, 0.05) is 11.3 Å². The summed E-state index contributed by atoms with van der Waals surface area (Å²) in [5, 5.41) is 12.5. The predicted octanol–water partition coefficient (Wildman–Crippen LogP) is 4.92. The van der Waals surface area contributed by atoms with Crippen molar-refractivity contribution >= 4 is 17.7 Å². The third-order valence-electron chi connectivity index (χ3n) is 5.32. The van der Waals surface area contributed by atoms with Gasteiger partial charge in [-0.2, -0.15) is 0 Å². The number of thioether (sulfide) groups is 1. The van der Waals surface area contributed by atoms with Gasteiger partial charge in [-0.25, -0.2) is 0 Å². The third kappa shape index (κ3) is 5.40. The van der Waals surface area contributed by atoms with E-state index in [4.69, 9.17) is 9.47 Å². The molecule has 0 fully saturated rings. The zero-order chi connectivity index (χ0) is 23.9. The monoisotopic (exact) mass is 474 g/mol. The first kappa shape index (κ1) is 23.4. The highest BCUT2D eigenvalue weighted by atomic mass is 32.2. The van der Waals surface area contributed by atoms with Crippen LogP contribution in [0.4, 0.5) is 0 Å². The summed E-state index contributed by atoms with van der Waals surface area (Å²) in [6, 6.07) is 25.1. The number of hydrogen-bond donors (Lipinski definition) is 1. The number of nitrogens with zero attached hydrogens (tertiary/aromatic N) is 3. The Kier molecular flexibility index (Phi) is 7.49. The molecule has 0 saturated heterocycles. The van der Waals surface area contributed by atoms with Crippen LogP contribution in [0.25, 0.3) is 17.1 Å². The number of benzene rings is 3. The van der Waals surface area contributed by atoms with Gasteiger partial charge in [-0.3, -0.25) is 9.36 Å². The molecule has 0 radical (unpaired) electrons. The number of hydrogen-bond acceptors (Lipinski definition) is 6. The Labute approximate surface area is 203 Å². The smallest absolute Gasteiger partial charge is 0.230 e. The molecule has 0 aliphatic heterocycles. The van der Waals surface area contributed by atoms with Gasteiger partial charge in [-0.15, -0.1) is 10.2 Å². The fourth-order valence-electron chi connectivity index (χ4n) is 3.49. The SMILES string of the molecule is COc1ccc(-c2nnc(SCC(=O)N[C@@H](C)c3ccccc3)n2-c2ccc(OC)cc2)cc1. The molecule has 4 aromatic rings. The van der Waals surface area contributed by atoms with Gasteiger partial charge >= 0.3 is 0 Å². The second-order valence-electron chi connectivity index (χ2n) is 7.56. The number of ether oxygens (including phenoxy) is 2. The zero-order valence-corrected chi connectivity index (χ0v) is 20.1. The molecule has 0 spiro atoms. The highest BCUT2D eigenvalue weighted by Crippen LogP contribution is 2.30. The van der Waals surface area contributed by atoms with Gasteiger partial charge in [-0.1, -0.05) is 42.1 Å². The average Bonchev–Trinajstić information content (AvgIpc) is 3.32. The summed E-state index contributed by atoms with van der Waals surface area (Å²) in [7, 11) is 3.26. The highest BCUT2D eigenvalue weighted by Gasteiger charge is 2.18. The molecule has 0 aliphatic carbocycles. The Balaban J connectivity index is 1.57. The van der Waals surface area contributed by atoms with E-state index in [1.165, 1.54) is 11.8 Å². The van der Waals surface area contributed by atoms with Crippen molar-refractivity contribution < 1.29 is 14.3 Å². The van der Waals surface area contributed by atoms with E-state index in [2.05, 4.69) is 15.5 Å². The molecule has 1 N–H and O–H groups in total. The van der Waals surface area contributed by atoms with Gasteiger partial charge in [0.2, 0.25) is 5.91 Å². The lowest BCUT2D eigenvalue weighted by Crippen LogP contribution is -2.28.